The first kappa shape index (κ1) is 17.9. The number of benzene rings is 1. The maximum Gasteiger partial charge on any atom is 0.310 e. The molecule has 1 aromatic carbocycles. The summed E-state index contributed by atoms with van der Waals surface area (Å²) < 4.78 is 32.0. The molecule has 128 valence electrons. The molecule has 0 spiro atoms. The molecule has 5 nitrogen and oxygen atoms in total. The highest BCUT2D eigenvalue weighted by Gasteiger charge is 2.33. The van der Waals surface area contributed by atoms with Crippen molar-refractivity contribution in [3.63, 3.8) is 0 Å². The number of nitrogens with zero attached hydrogens (tertiary/aromatic N) is 1. The lowest BCUT2D eigenvalue weighted by Crippen LogP contribution is -2.42. The Hall–Kier alpha value is -1.40. The Labute approximate surface area is 138 Å². The highest BCUT2D eigenvalue weighted by Crippen LogP contribution is 2.25. The number of sulfonamides is 1. The summed E-state index contributed by atoms with van der Waals surface area (Å²) in [6.07, 6.45) is 1.35. The Balaban J connectivity index is 2.16. The van der Waals surface area contributed by atoms with Gasteiger partial charge in [0.25, 0.3) is 0 Å². The fourth-order valence-corrected chi connectivity index (χ4v) is 4.31. The molecule has 6 heteroatoms. The van der Waals surface area contributed by atoms with Crippen molar-refractivity contribution in [2.75, 3.05) is 19.7 Å². The first-order chi connectivity index (χ1) is 10.9. The normalized spacial score (nSPS) is 19.7. The van der Waals surface area contributed by atoms with Gasteiger partial charge in [0.2, 0.25) is 10.0 Å². The van der Waals surface area contributed by atoms with Gasteiger partial charge < -0.3 is 4.74 Å². The predicted octanol–water partition coefficient (Wildman–Crippen LogP) is 2.77. The number of hydrogen-bond acceptors (Lipinski definition) is 4. The number of rotatable bonds is 5. The largest absolute Gasteiger partial charge is 0.466 e. The molecule has 0 N–H and O–H groups in total. The van der Waals surface area contributed by atoms with Crippen molar-refractivity contribution in [3.05, 3.63) is 29.8 Å². The first-order valence-corrected chi connectivity index (χ1v) is 9.57. The Kier molecular flexibility index (Phi) is 5.81. The van der Waals surface area contributed by atoms with Gasteiger partial charge in [-0.05, 0) is 43.4 Å². The standard InChI is InChI=1S/C17H25NO4S/c1-4-22-17(19)15-6-5-11-18(12-15)23(20,21)16-9-7-14(8-10-16)13(2)3/h7-10,13,15H,4-6,11-12H2,1-3H3. The van der Waals surface area contributed by atoms with Gasteiger partial charge in [-0.1, -0.05) is 26.0 Å². The van der Waals surface area contributed by atoms with Crippen LogP contribution in [0.1, 0.15) is 45.1 Å². The van der Waals surface area contributed by atoms with Crippen LogP contribution >= 0.6 is 0 Å². The van der Waals surface area contributed by atoms with Gasteiger partial charge in [0, 0.05) is 13.1 Å². The fourth-order valence-electron chi connectivity index (χ4n) is 2.79. The van der Waals surface area contributed by atoms with E-state index in [0.717, 1.165) is 5.56 Å². The van der Waals surface area contributed by atoms with Crippen LogP contribution in [0.5, 0.6) is 0 Å². The van der Waals surface area contributed by atoms with E-state index in [1.54, 1.807) is 19.1 Å². The van der Waals surface area contributed by atoms with Crippen LogP contribution in [0.2, 0.25) is 0 Å². The van der Waals surface area contributed by atoms with Gasteiger partial charge in [-0.15, -0.1) is 0 Å². The number of carbonyl (C=O) groups is 1. The van der Waals surface area contributed by atoms with Crippen molar-refractivity contribution in [3.8, 4) is 0 Å². The molecule has 1 atom stereocenters. The lowest BCUT2D eigenvalue weighted by Gasteiger charge is -2.30. The second-order valence-corrected chi connectivity index (χ2v) is 8.12. The molecule has 0 bridgehead atoms. The van der Waals surface area contributed by atoms with Gasteiger partial charge in [-0.25, -0.2) is 8.42 Å². The van der Waals surface area contributed by atoms with Crippen LogP contribution in [0.4, 0.5) is 0 Å². The average molecular weight is 339 g/mol. The molecule has 0 amide bonds. The van der Waals surface area contributed by atoms with Gasteiger partial charge >= 0.3 is 5.97 Å². The third kappa shape index (κ3) is 4.12. The van der Waals surface area contributed by atoms with Crippen LogP contribution in [-0.4, -0.2) is 38.4 Å². The van der Waals surface area contributed by atoms with Crippen LogP contribution < -0.4 is 0 Å². The maximum atomic E-state index is 12.8. The Bertz CT molecular complexity index is 637. The molecule has 0 saturated carbocycles. The van der Waals surface area contributed by atoms with E-state index in [2.05, 4.69) is 13.8 Å². The number of ether oxygens (including phenoxy) is 1. The summed E-state index contributed by atoms with van der Waals surface area (Å²) >= 11 is 0. The van der Waals surface area contributed by atoms with Gasteiger partial charge in [0.05, 0.1) is 17.4 Å². The number of carbonyl (C=O) groups excluding carboxylic acids is 1. The van der Waals surface area contributed by atoms with Crippen molar-refractivity contribution >= 4 is 16.0 Å². The van der Waals surface area contributed by atoms with E-state index < -0.39 is 10.0 Å². The average Bonchev–Trinajstić information content (AvgIpc) is 2.55. The molecule has 1 aromatic rings. The summed E-state index contributed by atoms with van der Waals surface area (Å²) in [6.45, 7) is 6.86. The fraction of sp³-hybridized carbons (Fsp3) is 0.588. The van der Waals surface area contributed by atoms with E-state index in [-0.39, 0.29) is 23.3 Å². The number of hydrogen-bond donors (Lipinski definition) is 0. The van der Waals surface area contributed by atoms with Gasteiger partial charge in [0.1, 0.15) is 0 Å². The van der Waals surface area contributed by atoms with Crippen molar-refractivity contribution in [2.45, 2.75) is 44.4 Å². The number of piperidine rings is 1. The van der Waals surface area contributed by atoms with E-state index in [0.29, 0.717) is 31.9 Å². The highest BCUT2D eigenvalue weighted by atomic mass is 32.2. The molecule has 1 aliphatic heterocycles. The number of esters is 1. The summed E-state index contributed by atoms with van der Waals surface area (Å²) in [5.74, 6) is -0.314. The summed E-state index contributed by atoms with van der Waals surface area (Å²) in [5, 5.41) is 0. The van der Waals surface area contributed by atoms with E-state index >= 15 is 0 Å². The van der Waals surface area contributed by atoms with Crippen molar-refractivity contribution in [2.24, 2.45) is 5.92 Å². The van der Waals surface area contributed by atoms with Crippen LogP contribution in [-0.2, 0) is 19.6 Å². The molecule has 0 radical (unpaired) electrons. The molecule has 1 saturated heterocycles. The predicted molar refractivity (Wildman–Crippen MR) is 88.6 cm³/mol. The molecule has 0 aromatic heterocycles. The lowest BCUT2D eigenvalue weighted by molar-refractivity contribution is -0.149. The summed E-state index contributed by atoms with van der Waals surface area (Å²) in [5.41, 5.74) is 1.10. The molecule has 23 heavy (non-hydrogen) atoms. The van der Waals surface area contributed by atoms with Gasteiger partial charge in [-0.3, -0.25) is 4.79 Å². The Morgan fingerprint density at radius 2 is 1.96 bits per heavy atom. The molecule has 1 aliphatic rings. The molecular weight excluding hydrogens is 314 g/mol. The maximum absolute atomic E-state index is 12.8. The Morgan fingerprint density at radius 1 is 1.30 bits per heavy atom. The molecule has 1 heterocycles. The van der Waals surface area contributed by atoms with Crippen LogP contribution in [0.25, 0.3) is 0 Å². The summed E-state index contributed by atoms with van der Waals surface area (Å²) in [6, 6.07) is 7.01. The molecular formula is C17H25NO4S. The minimum Gasteiger partial charge on any atom is -0.466 e. The van der Waals surface area contributed by atoms with Crippen molar-refractivity contribution < 1.29 is 17.9 Å². The Morgan fingerprint density at radius 3 is 2.52 bits per heavy atom. The smallest absolute Gasteiger partial charge is 0.310 e. The van der Waals surface area contributed by atoms with Crippen molar-refractivity contribution in [1.82, 2.24) is 4.31 Å². The van der Waals surface area contributed by atoms with Crippen LogP contribution in [0, 0.1) is 5.92 Å². The monoisotopic (exact) mass is 339 g/mol. The van der Waals surface area contributed by atoms with E-state index in [9.17, 15) is 13.2 Å². The molecule has 1 fully saturated rings. The quantitative estimate of drug-likeness (QED) is 0.774. The highest BCUT2D eigenvalue weighted by molar-refractivity contribution is 7.89. The zero-order valence-electron chi connectivity index (χ0n) is 14.0. The van der Waals surface area contributed by atoms with Gasteiger partial charge in [0.15, 0.2) is 0 Å². The van der Waals surface area contributed by atoms with E-state index in [1.165, 1.54) is 4.31 Å². The topological polar surface area (TPSA) is 63.7 Å². The molecule has 2 rings (SSSR count). The SMILES string of the molecule is CCOC(=O)C1CCCN(S(=O)(=O)c2ccc(C(C)C)cc2)C1. The zero-order valence-corrected chi connectivity index (χ0v) is 14.8. The summed E-state index contributed by atoms with van der Waals surface area (Å²) in [4.78, 5) is 12.2. The van der Waals surface area contributed by atoms with E-state index in [1.807, 2.05) is 12.1 Å². The summed E-state index contributed by atoms with van der Waals surface area (Å²) in [7, 11) is -3.56. The second-order valence-electron chi connectivity index (χ2n) is 6.18. The minimum atomic E-state index is -3.56. The van der Waals surface area contributed by atoms with Gasteiger partial charge in [-0.2, -0.15) is 4.31 Å². The second kappa shape index (κ2) is 7.45. The lowest BCUT2D eigenvalue weighted by atomic mass is 10.0. The van der Waals surface area contributed by atoms with Crippen LogP contribution in [0.3, 0.4) is 0 Å². The van der Waals surface area contributed by atoms with E-state index in [4.69, 9.17) is 4.74 Å². The molecule has 0 aliphatic carbocycles. The third-order valence-corrected chi connectivity index (χ3v) is 6.07. The van der Waals surface area contributed by atoms with Crippen molar-refractivity contribution in [1.29, 1.82) is 0 Å². The third-order valence-electron chi connectivity index (χ3n) is 4.19. The minimum absolute atomic E-state index is 0.201. The zero-order chi connectivity index (χ0) is 17.0. The first-order valence-electron chi connectivity index (χ1n) is 8.13. The van der Waals surface area contributed by atoms with Crippen LogP contribution in [0.15, 0.2) is 29.2 Å². The molecule has 1 unspecified atom stereocenters.